The van der Waals surface area contributed by atoms with Crippen molar-refractivity contribution in [2.45, 2.75) is 59.3 Å². The topological polar surface area (TPSA) is 25.8 Å². The van der Waals surface area contributed by atoms with Gasteiger partial charge in [-0.15, -0.1) is 0 Å². The molecule has 0 aliphatic rings. The van der Waals surface area contributed by atoms with E-state index in [1.165, 1.54) is 0 Å². The van der Waals surface area contributed by atoms with E-state index in [9.17, 15) is 0 Å². The standard InChI is InChI=1S/C13H22N2/c1-9-14-10(12(2,3)4)8-11(15-9)13(5,6)7/h8H,1-7H3. The van der Waals surface area contributed by atoms with Gasteiger partial charge in [0.15, 0.2) is 0 Å². The van der Waals surface area contributed by atoms with Gasteiger partial charge in [-0.05, 0) is 13.0 Å². The molecular weight excluding hydrogens is 184 g/mol. The molecule has 0 amide bonds. The van der Waals surface area contributed by atoms with Gasteiger partial charge in [-0.2, -0.15) is 0 Å². The van der Waals surface area contributed by atoms with Crippen LogP contribution in [0, 0.1) is 6.92 Å². The van der Waals surface area contributed by atoms with E-state index in [4.69, 9.17) is 0 Å². The molecule has 0 atom stereocenters. The predicted octanol–water partition coefficient (Wildman–Crippen LogP) is 3.38. The lowest BCUT2D eigenvalue weighted by molar-refractivity contribution is 0.533. The van der Waals surface area contributed by atoms with Gasteiger partial charge in [-0.3, -0.25) is 0 Å². The van der Waals surface area contributed by atoms with E-state index in [1.807, 2.05) is 6.92 Å². The van der Waals surface area contributed by atoms with Gasteiger partial charge in [0.25, 0.3) is 0 Å². The average Bonchev–Trinajstić information content (AvgIpc) is 1.99. The Balaban J connectivity index is 3.30. The zero-order valence-corrected chi connectivity index (χ0v) is 11.0. The molecule has 1 heterocycles. The molecule has 84 valence electrons. The van der Waals surface area contributed by atoms with Crippen molar-refractivity contribution < 1.29 is 0 Å². The van der Waals surface area contributed by atoms with Crippen LogP contribution in [0.4, 0.5) is 0 Å². The number of rotatable bonds is 0. The first-order chi connectivity index (χ1) is 6.60. The van der Waals surface area contributed by atoms with Crippen molar-refractivity contribution in [3.05, 3.63) is 23.3 Å². The van der Waals surface area contributed by atoms with Gasteiger partial charge in [-0.25, -0.2) is 9.97 Å². The number of aromatic nitrogens is 2. The maximum Gasteiger partial charge on any atom is 0.125 e. The third kappa shape index (κ3) is 3.01. The summed E-state index contributed by atoms with van der Waals surface area (Å²) in [5.41, 5.74) is 2.43. The fourth-order valence-corrected chi connectivity index (χ4v) is 1.34. The van der Waals surface area contributed by atoms with Crippen molar-refractivity contribution in [1.82, 2.24) is 9.97 Å². The van der Waals surface area contributed by atoms with Gasteiger partial charge in [0.05, 0.1) is 0 Å². The molecule has 0 saturated carbocycles. The fraction of sp³-hybridized carbons (Fsp3) is 0.692. The Kier molecular flexibility index (Phi) is 2.90. The summed E-state index contributed by atoms with van der Waals surface area (Å²) in [4.78, 5) is 9.02. The SMILES string of the molecule is Cc1nc(C(C)(C)C)cc(C(C)(C)C)n1. The molecule has 0 aliphatic heterocycles. The molecule has 0 unspecified atom stereocenters. The van der Waals surface area contributed by atoms with Crippen LogP contribution in [0.25, 0.3) is 0 Å². The molecule has 0 N–H and O–H groups in total. The fourth-order valence-electron chi connectivity index (χ4n) is 1.34. The quantitative estimate of drug-likeness (QED) is 0.650. The van der Waals surface area contributed by atoms with Gasteiger partial charge in [-0.1, -0.05) is 41.5 Å². The highest BCUT2D eigenvalue weighted by Crippen LogP contribution is 2.26. The number of aryl methyl sites for hydroxylation is 1. The molecule has 2 nitrogen and oxygen atoms in total. The Morgan fingerprint density at radius 1 is 0.800 bits per heavy atom. The van der Waals surface area contributed by atoms with Crippen molar-refractivity contribution >= 4 is 0 Å². The van der Waals surface area contributed by atoms with Gasteiger partial charge < -0.3 is 0 Å². The smallest absolute Gasteiger partial charge is 0.125 e. The molecule has 0 spiro atoms. The van der Waals surface area contributed by atoms with Gasteiger partial charge >= 0.3 is 0 Å². The third-order valence-corrected chi connectivity index (χ3v) is 2.37. The van der Waals surface area contributed by atoms with E-state index in [-0.39, 0.29) is 10.8 Å². The predicted molar refractivity (Wildman–Crippen MR) is 64.2 cm³/mol. The lowest BCUT2D eigenvalue weighted by Gasteiger charge is -2.23. The van der Waals surface area contributed by atoms with Gasteiger partial charge in [0.1, 0.15) is 5.82 Å². The summed E-state index contributed by atoms with van der Waals surface area (Å²) in [6.07, 6.45) is 0. The van der Waals surface area contributed by atoms with E-state index < -0.39 is 0 Å². The van der Waals surface area contributed by atoms with Crippen LogP contribution in [0.1, 0.15) is 58.8 Å². The second kappa shape index (κ2) is 3.58. The summed E-state index contributed by atoms with van der Waals surface area (Å²) >= 11 is 0. The van der Waals surface area contributed by atoms with Crippen LogP contribution >= 0.6 is 0 Å². The largest absolute Gasteiger partial charge is 0.238 e. The van der Waals surface area contributed by atoms with Crippen LogP contribution < -0.4 is 0 Å². The van der Waals surface area contributed by atoms with Crippen molar-refractivity contribution in [1.29, 1.82) is 0 Å². The van der Waals surface area contributed by atoms with E-state index >= 15 is 0 Å². The summed E-state index contributed by atoms with van der Waals surface area (Å²) in [6, 6.07) is 2.13. The van der Waals surface area contributed by atoms with Crippen molar-refractivity contribution in [3.8, 4) is 0 Å². The van der Waals surface area contributed by atoms with Crippen LogP contribution in [0.3, 0.4) is 0 Å². The first-order valence-corrected chi connectivity index (χ1v) is 5.47. The minimum atomic E-state index is 0.0910. The Labute approximate surface area is 93.2 Å². The van der Waals surface area contributed by atoms with Crippen molar-refractivity contribution in [3.63, 3.8) is 0 Å². The molecule has 1 aromatic rings. The normalized spacial score (nSPS) is 13.0. The minimum Gasteiger partial charge on any atom is -0.238 e. The van der Waals surface area contributed by atoms with E-state index in [0.29, 0.717) is 0 Å². The molecule has 1 aromatic heterocycles. The number of nitrogens with zero attached hydrogens (tertiary/aromatic N) is 2. The summed E-state index contributed by atoms with van der Waals surface area (Å²) in [5.74, 6) is 0.868. The lowest BCUT2D eigenvalue weighted by Crippen LogP contribution is -2.20. The zero-order chi connectivity index (χ0) is 11.9. The number of hydrogen-bond donors (Lipinski definition) is 0. The van der Waals surface area contributed by atoms with Crippen molar-refractivity contribution in [2.75, 3.05) is 0 Å². The van der Waals surface area contributed by atoms with Gasteiger partial charge in [0, 0.05) is 22.2 Å². The zero-order valence-electron chi connectivity index (χ0n) is 11.0. The lowest BCUT2D eigenvalue weighted by atomic mass is 9.86. The van der Waals surface area contributed by atoms with Crippen LogP contribution in [-0.4, -0.2) is 9.97 Å². The highest BCUT2D eigenvalue weighted by Gasteiger charge is 2.21. The molecule has 2 heteroatoms. The van der Waals surface area contributed by atoms with E-state index in [1.54, 1.807) is 0 Å². The maximum absolute atomic E-state index is 4.51. The van der Waals surface area contributed by atoms with Gasteiger partial charge in [0.2, 0.25) is 0 Å². The Bertz CT molecular complexity index is 322. The molecule has 1 rings (SSSR count). The van der Waals surface area contributed by atoms with Crippen LogP contribution in [0.2, 0.25) is 0 Å². The third-order valence-electron chi connectivity index (χ3n) is 2.37. The first-order valence-electron chi connectivity index (χ1n) is 5.47. The monoisotopic (exact) mass is 206 g/mol. The molecule has 0 fully saturated rings. The average molecular weight is 206 g/mol. The highest BCUT2D eigenvalue weighted by atomic mass is 14.9. The molecular formula is C13H22N2. The molecule has 0 saturated heterocycles. The van der Waals surface area contributed by atoms with E-state index in [0.717, 1.165) is 17.2 Å². The Morgan fingerprint density at radius 2 is 1.13 bits per heavy atom. The Hall–Kier alpha value is -0.920. The van der Waals surface area contributed by atoms with Crippen LogP contribution in [0.15, 0.2) is 6.07 Å². The molecule has 15 heavy (non-hydrogen) atoms. The number of hydrogen-bond acceptors (Lipinski definition) is 2. The van der Waals surface area contributed by atoms with Crippen LogP contribution in [-0.2, 0) is 10.8 Å². The first kappa shape index (κ1) is 12.2. The highest BCUT2D eigenvalue weighted by molar-refractivity contribution is 5.22. The second-order valence-corrected chi connectivity index (χ2v) is 6.19. The summed E-state index contributed by atoms with van der Waals surface area (Å²) in [5, 5.41) is 0. The maximum atomic E-state index is 4.51. The van der Waals surface area contributed by atoms with Crippen LogP contribution in [0.5, 0.6) is 0 Å². The summed E-state index contributed by atoms with van der Waals surface area (Å²) in [6.45, 7) is 15.1. The summed E-state index contributed by atoms with van der Waals surface area (Å²) in [7, 11) is 0. The van der Waals surface area contributed by atoms with Crippen molar-refractivity contribution in [2.24, 2.45) is 0 Å². The Morgan fingerprint density at radius 3 is 1.40 bits per heavy atom. The summed E-state index contributed by atoms with van der Waals surface area (Å²) < 4.78 is 0. The minimum absolute atomic E-state index is 0.0910. The molecule has 0 aromatic carbocycles. The second-order valence-electron chi connectivity index (χ2n) is 6.19. The molecule has 0 aliphatic carbocycles. The molecule has 0 bridgehead atoms. The molecule has 0 radical (unpaired) electrons. The van der Waals surface area contributed by atoms with E-state index in [2.05, 4.69) is 57.6 Å².